The molecule has 0 saturated heterocycles. The van der Waals surface area contributed by atoms with Crippen LogP contribution in [-0.4, -0.2) is 29.9 Å². The van der Waals surface area contributed by atoms with Crippen LogP contribution in [0.4, 0.5) is 0 Å². The molecule has 4 rings (SSSR count). The largest absolute Gasteiger partial charge is 0.448 e. The lowest BCUT2D eigenvalue weighted by Crippen LogP contribution is -2.01. The number of aromatic amines is 1. The van der Waals surface area contributed by atoms with Crippen molar-refractivity contribution in [3.05, 3.63) is 75.4 Å². The van der Waals surface area contributed by atoms with E-state index < -0.39 is 0 Å². The van der Waals surface area contributed by atoms with E-state index in [0.29, 0.717) is 47.3 Å². The molecule has 4 aromatic heterocycles. The zero-order valence-corrected chi connectivity index (χ0v) is 31.9. The molecule has 0 spiro atoms. The molecule has 1 N–H and O–H groups in total. The predicted molar refractivity (Wildman–Crippen MR) is 192 cm³/mol. The van der Waals surface area contributed by atoms with E-state index in [1.807, 2.05) is 18.5 Å². The third kappa shape index (κ3) is 14.4. The number of thiazole rings is 1. The highest BCUT2D eigenvalue weighted by Crippen LogP contribution is 2.23. The normalized spacial score (nSPS) is 11.4. The van der Waals surface area contributed by atoms with Crippen LogP contribution in [0.3, 0.4) is 0 Å². The second kappa shape index (κ2) is 19.6. The first-order valence-corrected chi connectivity index (χ1v) is 17.6. The van der Waals surface area contributed by atoms with Crippen LogP contribution in [0.2, 0.25) is 0 Å². The van der Waals surface area contributed by atoms with Crippen LogP contribution in [0.1, 0.15) is 203 Å². The van der Waals surface area contributed by atoms with E-state index >= 15 is 0 Å². The minimum Gasteiger partial charge on any atom is -0.448 e. The smallest absolute Gasteiger partial charge is 0.196 e. The molecule has 0 unspecified atom stereocenters. The van der Waals surface area contributed by atoms with Gasteiger partial charge < -0.3 is 9.40 Å². The zero-order chi connectivity index (χ0) is 34.4. The molecule has 252 valence electrons. The van der Waals surface area contributed by atoms with E-state index in [-0.39, 0.29) is 0 Å². The third-order valence-electron chi connectivity index (χ3n) is 6.84. The first kappa shape index (κ1) is 40.2. The summed E-state index contributed by atoms with van der Waals surface area (Å²) in [7, 11) is 0. The molecule has 0 bridgehead atoms. The Balaban J connectivity index is 0.000000300. The lowest BCUT2D eigenvalue weighted by molar-refractivity contribution is 0.470. The number of nitrogens with zero attached hydrogens (tertiary/aromatic N) is 5. The van der Waals surface area contributed by atoms with Gasteiger partial charge in [-0.1, -0.05) is 111 Å². The van der Waals surface area contributed by atoms with Gasteiger partial charge in [-0.15, -0.1) is 11.3 Å². The minimum absolute atomic E-state index is 0.391. The van der Waals surface area contributed by atoms with E-state index in [0.717, 1.165) is 28.9 Å². The molecule has 0 radical (unpaired) electrons. The lowest BCUT2D eigenvalue weighted by Gasteiger charge is -2.07. The Labute approximate surface area is 278 Å². The summed E-state index contributed by atoms with van der Waals surface area (Å²) in [5.41, 5.74) is 4.65. The van der Waals surface area contributed by atoms with Gasteiger partial charge >= 0.3 is 0 Å². The number of hydrogen-bond donors (Lipinski definition) is 1. The molecule has 0 atom stereocenters. The summed E-state index contributed by atoms with van der Waals surface area (Å²) in [4.78, 5) is 25.1. The SMILES string of the molecule is CC(C)c1ccnc(C(C)C)n1.CC(C)c1cnc(C(C)C)[nH]1.CC(C)c1coc(C(C)C)n1.CC(C)c1csc(C(C)C)n1. The van der Waals surface area contributed by atoms with Crippen LogP contribution in [-0.2, 0) is 0 Å². The molecule has 8 heteroatoms. The zero-order valence-electron chi connectivity index (χ0n) is 31.1. The van der Waals surface area contributed by atoms with Gasteiger partial charge in [0.25, 0.3) is 0 Å². The van der Waals surface area contributed by atoms with Gasteiger partial charge in [0.15, 0.2) is 5.89 Å². The number of hydrogen-bond acceptors (Lipinski definition) is 7. The van der Waals surface area contributed by atoms with Gasteiger partial charge in [0, 0.05) is 52.8 Å². The fourth-order valence-electron chi connectivity index (χ4n) is 3.59. The van der Waals surface area contributed by atoms with E-state index in [1.54, 1.807) is 17.6 Å². The predicted octanol–water partition coefficient (Wildman–Crippen LogP) is 11.7. The van der Waals surface area contributed by atoms with Gasteiger partial charge in [-0.05, 0) is 29.7 Å². The molecule has 0 aliphatic carbocycles. The average Bonchev–Trinajstić information content (AvgIpc) is 3.75. The molecular formula is C37H62N6OS. The van der Waals surface area contributed by atoms with Crippen molar-refractivity contribution < 1.29 is 4.42 Å². The Morgan fingerprint density at radius 1 is 0.578 bits per heavy atom. The monoisotopic (exact) mass is 638 g/mol. The van der Waals surface area contributed by atoms with Crippen molar-refractivity contribution in [1.82, 2.24) is 29.9 Å². The summed E-state index contributed by atoms with van der Waals surface area (Å²) in [5.74, 6) is 6.84. The van der Waals surface area contributed by atoms with Crippen LogP contribution < -0.4 is 0 Å². The summed E-state index contributed by atoms with van der Waals surface area (Å²) < 4.78 is 5.28. The molecule has 4 heterocycles. The third-order valence-corrected chi connectivity index (χ3v) is 8.00. The maximum Gasteiger partial charge on any atom is 0.196 e. The molecule has 45 heavy (non-hydrogen) atoms. The Morgan fingerprint density at radius 2 is 1.18 bits per heavy atom. The number of rotatable bonds is 8. The molecule has 0 aromatic carbocycles. The van der Waals surface area contributed by atoms with Crippen molar-refractivity contribution in [2.45, 2.75) is 158 Å². The van der Waals surface area contributed by atoms with Crippen molar-refractivity contribution in [2.24, 2.45) is 0 Å². The molecule has 4 aromatic rings. The first-order chi connectivity index (χ1) is 20.9. The second-order valence-corrected chi connectivity index (χ2v) is 14.9. The van der Waals surface area contributed by atoms with Gasteiger partial charge in [-0.3, -0.25) is 0 Å². The van der Waals surface area contributed by atoms with E-state index in [9.17, 15) is 0 Å². The van der Waals surface area contributed by atoms with Crippen molar-refractivity contribution in [1.29, 1.82) is 0 Å². The highest BCUT2D eigenvalue weighted by atomic mass is 32.1. The topological polar surface area (TPSA) is 93.4 Å². The van der Waals surface area contributed by atoms with Gasteiger partial charge in [0.1, 0.15) is 17.9 Å². The summed E-state index contributed by atoms with van der Waals surface area (Å²) in [6.07, 6.45) is 5.53. The molecule has 0 aliphatic heterocycles. The Hall–Kier alpha value is -2.87. The quantitative estimate of drug-likeness (QED) is 0.206. The average molecular weight is 639 g/mol. The molecular weight excluding hydrogens is 577 g/mol. The molecule has 0 fully saturated rings. The molecule has 7 nitrogen and oxygen atoms in total. The Bertz CT molecular complexity index is 1130. The van der Waals surface area contributed by atoms with Gasteiger partial charge in [-0.25, -0.2) is 24.9 Å². The van der Waals surface area contributed by atoms with Gasteiger partial charge in [-0.2, -0.15) is 0 Å². The summed E-state index contributed by atoms with van der Waals surface area (Å²) in [6.45, 7) is 34.2. The van der Waals surface area contributed by atoms with Crippen LogP contribution in [0.15, 0.2) is 34.5 Å². The number of aromatic nitrogens is 6. The van der Waals surface area contributed by atoms with E-state index in [4.69, 9.17) is 4.42 Å². The number of H-pyrrole nitrogens is 1. The highest BCUT2D eigenvalue weighted by molar-refractivity contribution is 7.09. The highest BCUT2D eigenvalue weighted by Gasteiger charge is 2.10. The van der Waals surface area contributed by atoms with Gasteiger partial charge in [0.2, 0.25) is 0 Å². The van der Waals surface area contributed by atoms with Crippen molar-refractivity contribution >= 4 is 11.3 Å². The maximum absolute atomic E-state index is 5.28. The van der Waals surface area contributed by atoms with Crippen molar-refractivity contribution in [2.75, 3.05) is 0 Å². The first-order valence-electron chi connectivity index (χ1n) is 16.7. The fourth-order valence-corrected chi connectivity index (χ4v) is 4.59. The maximum atomic E-state index is 5.28. The minimum atomic E-state index is 0.391. The number of nitrogens with one attached hydrogen (secondary N) is 1. The summed E-state index contributed by atoms with van der Waals surface area (Å²) in [5, 5.41) is 3.42. The van der Waals surface area contributed by atoms with Crippen LogP contribution >= 0.6 is 11.3 Å². The van der Waals surface area contributed by atoms with Crippen LogP contribution in [0.5, 0.6) is 0 Å². The summed E-state index contributed by atoms with van der Waals surface area (Å²) in [6, 6.07) is 1.98. The molecule has 0 aliphatic rings. The fraction of sp³-hybridized carbons (Fsp3) is 0.649. The summed E-state index contributed by atoms with van der Waals surface area (Å²) >= 11 is 1.77. The van der Waals surface area contributed by atoms with Crippen LogP contribution in [0, 0.1) is 0 Å². The second-order valence-electron chi connectivity index (χ2n) is 14.0. The number of imidazole rings is 1. The molecule has 0 saturated carbocycles. The van der Waals surface area contributed by atoms with Gasteiger partial charge in [0.05, 0.1) is 16.4 Å². The number of oxazole rings is 1. The Morgan fingerprint density at radius 3 is 1.51 bits per heavy atom. The van der Waals surface area contributed by atoms with E-state index in [1.165, 1.54) is 16.4 Å². The standard InChI is InChI=1S/C10H16N2.C9H16N2.C9H15NO.C9H15NS/c1-7(2)9-5-6-11-10(12-9)8(3)4;1-6(2)8-5-10-9(11-8)7(3)4;2*1-6(2)8-5-11-9(10-8)7(3)4/h5-8H,1-4H3;5-7H,1-4H3,(H,10,11);2*5-7H,1-4H3. The molecule has 0 amide bonds. The van der Waals surface area contributed by atoms with Crippen molar-refractivity contribution in [3.63, 3.8) is 0 Å². The Kier molecular flexibility index (Phi) is 17.5. The van der Waals surface area contributed by atoms with Crippen molar-refractivity contribution in [3.8, 4) is 0 Å². The van der Waals surface area contributed by atoms with Crippen LogP contribution in [0.25, 0.3) is 0 Å². The van der Waals surface area contributed by atoms with E-state index in [2.05, 4.69) is 146 Å². The lowest BCUT2D eigenvalue weighted by atomic mass is 10.1.